The molecule has 2 aromatic carbocycles. The second kappa shape index (κ2) is 8.35. The van der Waals surface area contributed by atoms with Gasteiger partial charge in [0.25, 0.3) is 8.32 Å². The molecule has 1 N–H and O–H groups in total. The zero-order valence-electron chi connectivity index (χ0n) is 17.0. The largest absolute Gasteiger partial charge is 0.404 e. The quantitative estimate of drug-likeness (QED) is 0.653. The molecule has 1 unspecified atom stereocenters. The average molecular weight is 393 g/mol. The topological polar surface area (TPSA) is 55.2 Å². The van der Waals surface area contributed by atoms with Gasteiger partial charge in [0.15, 0.2) is 0 Å². The lowest BCUT2D eigenvalue weighted by Gasteiger charge is -2.43. The van der Waals surface area contributed by atoms with Crippen molar-refractivity contribution in [1.29, 1.82) is 0 Å². The molecule has 0 fully saturated rings. The van der Waals surface area contributed by atoms with Crippen LogP contribution in [0.1, 0.15) is 38.1 Å². The molecule has 4 nitrogen and oxygen atoms in total. The van der Waals surface area contributed by atoms with Crippen LogP contribution in [0.15, 0.2) is 73.2 Å². The Bertz CT molecular complexity index is 856. The molecule has 5 heteroatoms. The molecular weight excluding hydrogens is 364 g/mol. The van der Waals surface area contributed by atoms with Crippen LogP contribution in [-0.4, -0.2) is 30.0 Å². The van der Waals surface area contributed by atoms with E-state index in [0.717, 1.165) is 5.69 Å². The van der Waals surface area contributed by atoms with Gasteiger partial charge in [-0.15, -0.1) is 0 Å². The van der Waals surface area contributed by atoms with Gasteiger partial charge in [-0.05, 0) is 22.3 Å². The van der Waals surface area contributed by atoms with Crippen molar-refractivity contribution in [1.82, 2.24) is 9.97 Å². The van der Waals surface area contributed by atoms with Crippen molar-refractivity contribution >= 4 is 18.7 Å². The first kappa shape index (κ1) is 20.4. The summed E-state index contributed by atoms with van der Waals surface area (Å²) in [5, 5.41) is 13.1. The van der Waals surface area contributed by atoms with E-state index >= 15 is 0 Å². The van der Waals surface area contributed by atoms with E-state index in [1.54, 1.807) is 6.20 Å². The molecule has 3 rings (SSSR count). The molecule has 0 aliphatic rings. The predicted molar refractivity (Wildman–Crippen MR) is 115 cm³/mol. The molecule has 0 aliphatic heterocycles. The van der Waals surface area contributed by atoms with Crippen molar-refractivity contribution in [2.24, 2.45) is 0 Å². The molecule has 0 saturated carbocycles. The first-order valence-corrected chi connectivity index (χ1v) is 11.5. The van der Waals surface area contributed by atoms with E-state index < -0.39 is 14.4 Å². The van der Waals surface area contributed by atoms with Crippen molar-refractivity contribution in [3.63, 3.8) is 0 Å². The summed E-state index contributed by atoms with van der Waals surface area (Å²) in [6.45, 7) is 8.75. The van der Waals surface area contributed by atoms with Gasteiger partial charge in [0, 0.05) is 17.5 Å². The summed E-state index contributed by atoms with van der Waals surface area (Å²) >= 11 is 0. The zero-order chi connectivity index (χ0) is 20.2. The number of hydrogen-bond acceptors (Lipinski definition) is 4. The minimum atomic E-state index is -2.66. The summed E-state index contributed by atoms with van der Waals surface area (Å²) in [5.74, 6) is 0. The van der Waals surface area contributed by atoms with Crippen molar-refractivity contribution in [2.75, 3.05) is 6.61 Å². The van der Waals surface area contributed by atoms with E-state index in [9.17, 15) is 5.11 Å². The maximum Gasteiger partial charge on any atom is 0.261 e. The first-order chi connectivity index (χ1) is 13.4. The van der Waals surface area contributed by atoms with Gasteiger partial charge >= 0.3 is 0 Å². The lowest BCUT2D eigenvalue weighted by atomic mass is 10.1. The van der Waals surface area contributed by atoms with Crippen LogP contribution >= 0.6 is 0 Å². The number of aliphatic hydroxyl groups is 1. The van der Waals surface area contributed by atoms with Crippen molar-refractivity contribution in [3.8, 4) is 0 Å². The molecule has 3 aromatic rings. The van der Waals surface area contributed by atoms with Crippen LogP contribution in [0.25, 0.3) is 0 Å². The first-order valence-electron chi connectivity index (χ1n) is 9.56. The molecule has 0 amide bonds. The zero-order valence-corrected chi connectivity index (χ0v) is 18.0. The highest BCUT2D eigenvalue weighted by Crippen LogP contribution is 2.37. The smallest absolute Gasteiger partial charge is 0.261 e. The Labute approximate surface area is 168 Å². The van der Waals surface area contributed by atoms with E-state index in [1.165, 1.54) is 16.7 Å². The van der Waals surface area contributed by atoms with Crippen LogP contribution in [0.5, 0.6) is 0 Å². The van der Waals surface area contributed by atoms with Crippen molar-refractivity contribution < 1.29 is 9.53 Å². The predicted octanol–water partition coefficient (Wildman–Crippen LogP) is 3.40. The van der Waals surface area contributed by atoms with Gasteiger partial charge in [-0.25, -0.2) is 9.97 Å². The Morgan fingerprint density at radius 2 is 1.50 bits per heavy atom. The monoisotopic (exact) mass is 392 g/mol. The fraction of sp³-hybridized carbons (Fsp3) is 0.304. The Balaban J connectivity index is 2.05. The van der Waals surface area contributed by atoms with Crippen molar-refractivity contribution in [3.05, 3.63) is 84.4 Å². The standard InChI is InChI=1S/C23H28N2O2Si/c1-18-21(15-24-17-25-18)22(26)16-27-28(23(2,3)4,19-11-7-5-8-12-19)20-13-9-6-10-14-20/h5-15,17,22,26H,16H2,1-4H3. The number of aromatic nitrogens is 2. The molecule has 146 valence electrons. The molecule has 1 aromatic heterocycles. The fourth-order valence-corrected chi connectivity index (χ4v) is 8.35. The maximum atomic E-state index is 10.8. The van der Waals surface area contributed by atoms with Gasteiger partial charge in [-0.3, -0.25) is 0 Å². The third kappa shape index (κ3) is 3.92. The minimum absolute atomic E-state index is 0.127. The highest BCUT2D eigenvalue weighted by Gasteiger charge is 2.50. The Hall–Kier alpha value is -2.34. The molecule has 28 heavy (non-hydrogen) atoms. The molecule has 0 aliphatic carbocycles. The van der Waals surface area contributed by atoms with Gasteiger partial charge in [-0.2, -0.15) is 0 Å². The van der Waals surface area contributed by atoms with E-state index in [0.29, 0.717) is 5.56 Å². The fourth-order valence-electron chi connectivity index (χ4n) is 3.78. The number of rotatable bonds is 6. The summed E-state index contributed by atoms with van der Waals surface area (Å²) < 4.78 is 6.77. The van der Waals surface area contributed by atoms with Crippen LogP contribution < -0.4 is 10.4 Å². The number of nitrogens with zero attached hydrogens (tertiary/aromatic N) is 2. The van der Waals surface area contributed by atoms with Crippen LogP contribution in [-0.2, 0) is 4.43 Å². The summed E-state index contributed by atoms with van der Waals surface area (Å²) in [6.07, 6.45) is 2.39. The van der Waals surface area contributed by atoms with E-state index in [1.807, 2.05) is 19.1 Å². The molecule has 0 bridgehead atoms. The van der Waals surface area contributed by atoms with Gasteiger partial charge in [0.05, 0.1) is 6.61 Å². The number of aliphatic hydroxyl groups excluding tert-OH is 1. The van der Waals surface area contributed by atoms with Crippen LogP contribution in [0.2, 0.25) is 5.04 Å². The van der Waals surface area contributed by atoms with Crippen LogP contribution in [0, 0.1) is 6.92 Å². The molecule has 1 heterocycles. The van der Waals surface area contributed by atoms with Gasteiger partial charge < -0.3 is 9.53 Å². The van der Waals surface area contributed by atoms with E-state index in [4.69, 9.17) is 4.43 Å². The van der Waals surface area contributed by atoms with Gasteiger partial charge in [0.1, 0.15) is 12.4 Å². The van der Waals surface area contributed by atoms with Crippen LogP contribution in [0.4, 0.5) is 0 Å². The SMILES string of the molecule is Cc1ncncc1C(O)CO[Si](c1ccccc1)(c1ccccc1)C(C)(C)C. The minimum Gasteiger partial charge on any atom is -0.404 e. The third-order valence-corrected chi connectivity index (χ3v) is 10.2. The number of hydrogen-bond donors (Lipinski definition) is 1. The highest BCUT2D eigenvalue weighted by molar-refractivity contribution is 6.99. The lowest BCUT2D eigenvalue weighted by Crippen LogP contribution is -2.66. The number of benzene rings is 2. The normalized spacial score (nSPS) is 13.3. The average Bonchev–Trinajstić information content (AvgIpc) is 2.69. The lowest BCUT2D eigenvalue weighted by molar-refractivity contribution is 0.102. The Morgan fingerprint density at radius 1 is 0.964 bits per heavy atom. The summed E-state index contributed by atoms with van der Waals surface area (Å²) in [7, 11) is -2.66. The highest BCUT2D eigenvalue weighted by atomic mass is 28.4. The summed E-state index contributed by atoms with van der Waals surface area (Å²) in [5.41, 5.74) is 1.48. The second-order valence-corrected chi connectivity index (χ2v) is 12.4. The van der Waals surface area contributed by atoms with Gasteiger partial charge in [0.2, 0.25) is 0 Å². The van der Waals surface area contributed by atoms with Crippen molar-refractivity contribution in [2.45, 2.75) is 38.8 Å². The van der Waals surface area contributed by atoms with Crippen LogP contribution in [0.3, 0.4) is 0 Å². The van der Waals surface area contributed by atoms with E-state index in [-0.39, 0.29) is 11.6 Å². The third-order valence-electron chi connectivity index (χ3n) is 5.18. The number of aryl methyl sites for hydroxylation is 1. The van der Waals surface area contributed by atoms with E-state index in [2.05, 4.69) is 79.3 Å². The van der Waals surface area contributed by atoms with Gasteiger partial charge in [-0.1, -0.05) is 81.4 Å². The molecule has 0 radical (unpaired) electrons. The Morgan fingerprint density at radius 3 is 1.96 bits per heavy atom. The second-order valence-electron chi connectivity index (χ2n) is 8.05. The molecular formula is C23H28N2O2Si. The maximum absolute atomic E-state index is 10.8. The molecule has 1 atom stereocenters. The molecule has 0 saturated heterocycles. The molecule has 0 spiro atoms. The Kier molecular flexibility index (Phi) is 6.08. The summed E-state index contributed by atoms with van der Waals surface area (Å²) in [6, 6.07) is 20.9. The summed E-state index contributed by atoms with van der Waals surface area (Å²) in [4.78, 5) is 8.26.